The van der Waals surface area contributed by atoms with Gasteiger partial charge in [-0.05, 0) is 41.3 Å². The van der Waals surface area contributed by atoms with Crippen LogP contribution in [0.25, 0.3) is 0 Å². The fourth-order valence-corrected chi connectivity index (χ4v) is 4.45. The highest BCUT2D eigenvalue weighted by Gasteiger charge is 2.30. The molecule has 3 aromatic rings. The lowest BCUT2D eigenvalue weighted by atomic mass is 10.0. The van der Waals surface area contributed by atoms with Gasteiger partial charge in [0.15, 0.2) is 0 Å². The summed E-state index contributed by atoms with van der Waals surface area (Å²) < 4.78 is 0.926. The van der Waals surface area contributed by atoms with Crippen LogP contribution < -0.4 is 5.32 Å². The Morgan fingerprint density at radius 1 is 0.971 bits per heavy atom. The van der Waals surface area contributed by atoms with E-state index in [1.807, 2.05) is 72.8 Å². The van der Waals surface area contributed by atoms with Gasteiger partial charge in [-0.15, -0.1) is 0 Å². The molecule has 0 aromatic heterocycles. The van der Waals surface area contributed by atoms with Gasteiger partial charge in [-0.3, -0.25) is 9.59 Å². The lowest BCUT2D eigenvalue weighted by Crippen LogP contribution is -2.51. The first-order chi connectivity index (χ1) is 16.5. The van der Waals surface area contributed by atoms with Crippen LogP contribution in [0.5, 0.6) is 0 Å². The molecule has 0 heterocycles. The molecule has 0 radical (unpaired) electrons. The Bertz CT molecular complexity index is 1090. The molecule has 178 valence electrons. The molecule has 0 saturated carbocycles. The molecular weight excluding hydrogens is 512 g/mol. The van der Waals surface area contributed by atoms with Crippen LogP contribution in [0.15, 0.2) is 83.3 Å². The Labute approximate surface area is 215 Å². The predicted octanol–water partition coefficient (Wildman–Crippen LogP) is 6.20. The molecule has 2 amide bonds. The van der Waals surface area contributed by atoms with E-state index in [4.69, 9.17) is 11.6 Å². The number of nitrogens with one attached hydrogen (secondary N) is 1. The number of halogens is 2. The van der Waals surface area contributed by atoms with Gasteiger partial charge >= 0.3 is 0 Å². The normalized spacial score (nSPS) is 11.6. The second-order valence-electron chi connectivity index (χ2n) is 8.27. The Morgan fingerprint density at radius 3 is 2.38 bits per heavy atom. The van der Waals surface area contributed by atoms with E-state index in [1.165, 1.54) is 0 Å². The van der Waals surface area contributed by atoms with Gasteiger partial charge in [0.05, 0.1) is 6.42 Å². The van der Waals surface area contributed by atoms with Crippen molar-refractivity contribution >= 4 is 39.3 Å². The van der Waals surface area contributed by atoms with Crippen LogP contribution in [0, 0.1) is 0 Å². The molecule has 0 aliphatic rings. The van der Waals surface area contributed by atoms with Gasteiger partial charge in [-0.1, -0.05) is 102 Å². The number of hydrogen-bond acceptors (Lipinski definition) is 2. The molecule has 1 atom stereocenters. The minimum atomic E-state index is -0.645. The summed E-state index contributed by atoms with van der Waals surface area (Å²) in [6.07, 6.45) is 2.43. The Hall–Kier alpha value is -2.63. The number of benzene rings is 3. The second kappa shape index (κ2) is 13.3. The van der Waals surface area contributed by atoms with E-state index in [0.717, 1.165) is 34.0 Å². The number of unbranched alkanes of at least 4 members (excludes halogenated alkanes) is 1. The van der Waals surface area contributed by atoms with E-state index in [1.54, 1.807) is 11.0 Å². The van der Waals surface area contributed by atoms with Crippen LogP contribution in [0.4, 0.5) is 0 Å². The van der Waals surface area contributed by atoms with Crippen LogP contribution in [0.1, 0.15) is 36.5 Å². The van der Waals surface area contributed by atoms with Crippen LogP contribution in [-0.2, 0) is 29.0 Å². The third kappa shape index (κ3) is 7.71. The van der Waals surface area contributed by atoms with Crippen molar-refractivity contribution in [2.45, 2.75) is 45.2 Å². The molecule has 4 nitrogen and oxygen atoms in total. The summed E-state index contributed by atoms with van der Waals surface area (Å²) in [5, 5.41) is 3.59. The Kier molecular flexibility index (Phi) is 10.2. The molecule has 1 N–H and O–H groups in total. The van der Waals surface area contributed by atoms with Gasteiger partial charge in [-0.25, -0.2) is 0 Å². The molecule has 1 unspecified atom stereocenters. The molecule has 0 saturated heterocycles. The average molecular weight is 542 g/mol. The first-order valence-electron chi connectivity index (χ1n) is 11.6. The maximum absolute atomic E-state index is 13.7. The lowest BCUT2D eigenvalue weighted by Gasteiger charge is -2.32. The molecule has 3 aromatic carbocycles. The zero-order valence-corrected chi connectivity index (χ0v) is 21.7. The van der Waals surface area contributed by atoms with Crippen LogP contribution in [-0.4, -0.2) is 29.3 Å². The highest BCUT2D eigenvalue weighted by molar-refractivity contribution is 9.10. The van der Waals surface area contributed by atoms with Crippen molar-refractivity contribution in [2.24, 2.45) is 0 Å². The van der Waals surface area contributed by atoms with Crippen molar-refractivity contribution in [3.63, 3.8) is 0 Å². The third-order valence-electron chi connectivity index (χ3n) is 5.64. The van der Waals surface area contributed by atoms with Crippen molar-refractivity contribution in [2.75, 3.05) is 6.54 Å². The van der Waals surface area contributed by atoms with Crippen LogP contribution >= 0.6 is 27.5 Å². The Morgan fingerprint density at radius 2 is 1.68 bits per heavy atom. The predicted molar refractivity (Wildman–Crippen MR) is 142 cm³/mol. The number of amides is 2. The minimum Gasteiger partial charge on any atom is -0.354 e. The summed E-state index contributed by atoms with van der Waals surface area (Å²) in [6, 6.07) is 24.3. The molecule has 0 spiro atoms. The van der Waals surface area contributed by atoms with Crippen LogP contribution in [0.3, 0.4) is 0 Å². The van der Waals surface area contributed by atoms with E-state index < -0.39 is 6.04 Å². The van der Waals surface area contributed by atoms with E-state index in [-0.39, 0.29) is 18.2 Å². The van der Waals surface area contributed by atoms with Crippen molar-refractivity contribution in [3.05, 3.63) is 105 Å². The summed E-state index contributed by atoms with van der Waals surface area (Å²) in [4.78, 5) is 28.8. The fraction of sp³-hybridized carbons (Fsp3) is 0.286. The second-order valence-corrected chi connectivity index (χ2v) is 9.59. The lowest BCUT2D eigenvalue weighted by molar-refractivity contribution is -0.140. The molecule has 0 aliphatic carbocycles. The molecule has 0 aliphatic heterocycles. The van der Waals surface area contributed by atoms with E-state index >= 15 is 0 Å². The number of carbonyl (C=O) groups excluding carboxylic acids is 2. The number of nitrogens with zero attached hydrogens (tertiary/aromatic N) is 1. The van der Waals surface area contributed by atoms with Crippen molar-refractivity contribution in [1.82, 2.24) is 10.2 Å². The van der Waals surface area contributed by atoms with Gasteiger partial charge in [-0.2, -0.15) is 0 Å². The topological polar surface area (TPSA) is 49.4 Å². The highest BCUT2D eigenvalue weighted by atomic mass is 79.9. The quantitative estimate of drug-likeness (QED) is 0.294. The monoisotopic (exact) mass is 540 g/mol. The first-order valence-corrected chi connectivity index (χ1v) is 12.7. The van der Waals surface area contributed by atoms with Gasteiger partial charge < -0.3 is 10.2 Å². The zero-order chi connectivity index (χ0) is 24.3. The molecule has 0 bridgehead atoms. The zero-order valence-electron chi connectivity index (χ0n) is 19.3. The minimum absolute atomic E-state index is 0.126. The SMILES string of the molecule is CCCCNC(=O)C(Cc1ccccc1)N(Cc1cccc(Br)c1)C(=O)Cc1ccccc1Cl. The number of hydrogen-bond donors (Lipinski definition) is 1. The first kappa shape index (κ1) is 26.0. The maximum atomic E-state index is 13.7. The van der Waals surface area contributed by atoms with Gasteiger partial charge in [0.1, 0.15) is 6.04 Å². The summed E-state index contributed by atoms with van der Waals surface area (Å²) >= 11 is 9.87. The molecule has 34 heavy (non-hydrogen) atoms. The van der Waals surface area contributed by atoms with Gasteiger partial charge in [0.2, 0.25) is 11.8 Å². The van der Waals surface area contributed by atoms with E-state index in [9.17, 15) is 9.59 Å². The standard InChI is InChI=1S/C28H30BrClN2O2/c1-2-3-16-31-28(34)26(18-21-10-5-4-6-11-21)32(20-22-12-9-14-24(29)17-22)27(33)19-23-13-7-8-15-25(23)30/h4-15,17,26H,2-3,16,18-20H2,1H3,(H,31,34). The molecular formula is C28H30BrClN2O2. The van der Waals surface area contributed by atoms with Crippen molar-refractivity contribution < 1.29 is 9.59 Å². The van der Waals surface area contributed by atoms with Crippen molar-refractivity contribution in [3.8, 4) is 0 Å². The maximum Gasteiger partial charge on any atom is 0.243 e. The third-order valence-corrected chi connectivity index (χ3v) is 6.50. The van der Waals surface area contributed by atoms with Gasteiger partial charge in [0.25, 0.3) is 0 Å². The summed E-state index contributed by atoms with van der Waals surface area (Å²) in [5.74, 6) is -0.278. The average Bonchev–Trinajstić information content (AvgIpc) is 2.83. The molecule has 0 fully saturated rings. The number of carbonyl (C=O) groups is 2. The smallest absolute Gasteiger partial charge is 0.243 e. The highest BCUT2D eigenvalue weighted by Crippen LogP contribution is 2.21. The largest absolute Gasteiger partial charge is 0.354 e. The summed E-state index contributed by atoms with van der Waals surface area (Å²) in [6.45, 7) is 2.99. The van der Waals surface area contributed by atoms with Crippen LogP contribution in [0.2, 0.25) is 5.02 Å². The van der Waals surface area contributed by atoms with E-state index in [2.05, 4.69) is 28.2 Å². The Balaban J connectivity index is 1.95. The summed E-state index contributed by atoms with van der Waals surface area (Å²) in [7, 11) is 0. The van der Waals surface area contributed by atoms with E-state index in [0.29, 0.717) is 24.5 Å². The number of rotatable bonds is 11. The summed E-state index contributed by atoms with van der Waals surface area (Å²) in [5.41, 5.74) is 2.70. The van der Waals surface area contributed by atoms with Gasteiger partial charge in [0, 0.05) is 29.0 Å². The van der Waals surface area contributed by atoms with Crippen molar-refractivity contribution in [1.29, 1.82) is 0 Å². The molecule has 6 heteroatoms. The molecule has 3 rings (SSSR count). The fourth-order valence-electron chi connectivity index (χ4n) is 3.80.